The van der Waals surface area contributed by atoms with Gasteiger partial charge in [-0.15, -0.1) is 0 Å². The second kappa shape index (κ2) is 7.58. The van der Waals surface area contributed by atoms with Gasteiger partial charge in [0.2, 0.25) is 0 Å². The van der Waals surface area contributed by atoms with Crippen molar-refractivity contribution in [3.63, 3.8) is 0 Å². The van der Waals surface area contributed by atoms with Gasteiger partial charge in [-0.1, -0.05) is 12.8 Å². The lowest BCUT2D eigenvalue weighted by Gasteiger charge is -2.09. The molecule has 0 N–H and O–H groups in total. The molecule has 1 unspecified atom stereocenters. The molecule has 1 rings (SSSR count). The molecule has 0 spiro atoms. The zero-order chi connectivity index (χ0) is 10.2. The molecule has 84 valence electrons. The molecule has 1 heterocycles. The van der Waals surface area contributed by atoms with Crippen molar-refractivity contribution in [2.24, 2.45) is 0 Å². The summed E-state index contributed by atoms with van der Waals surface area (Å²) in [6.07, 6.45) is 8.75. The molecule has 0 amide bonds. The zero-order valence-corrected chi connectivity index (χ0v) is 10.4. The molecule has 1 aliphatic heterocycles. The van der Waals surface area contributed by atoms with Crippen LogP contribution in [0.4, 0.5) is 0 Å². The first-order valence-electron chi connectivity index (χ1n) is 6.02. The van der Waals surface area contributed by atoms with Gasteiger partial charge in [-0.2, -0.15) is 11.8 Å². The molecule has 14 heavy (non-hydrogen) atoms. The van der Waals surface area contributed by atoms with Gasteiger partial charge >= 0.3 is 0 Å². The van der Waals surface area contributed by atoms with E-state index in [0.29, 0.717) is 6.10 Å². The Morgan fingerprint density at radius 1 is 1.29 bits per heavy atom. The predicted molar refractivity (Wildman–Crippen MR) is 65.0 cm³/mol. The molecule has 0 radical (unpaired) electrons. The summed E-state index contributed by atoms with van der Waals surface area (Å²) < 4.78 is 5.51. The average molecular weight is 216 g/mol. The van der Waals surface area contributed by atoms with Gasteiger partial charge in [0.1, 0.15) is 0 Å². The van der Waals surface area contributed by atoms with Gasteiger partial charge in [-0.25, -0.2) is 0 Å². The number of thioether (sulfide) groups is 1. The van der Waals surface area contributed by atoms with Gasteiger partial charge in [0.25, 0.3) is 0 Å². The molecule has 0 aliphatic carbocycles. The van der Waals surface area contributed by atoms with E-state index >= 15 is 0 Å². The van der Waals surface area contributed by atoms with Gasteiger partial charge in [0.05, 0.1) is 6.10 Å². The summed E-state index contributed by atoms with van der Waals surface area (Å²) in [7, 11) is 0. The van der Waals surface area contributed by atoms with Gasteiger partial charge in [0.15, 0.2) is 0 Å². The quantitative estimate of drug-likeness (QED) is 0.598. The third-order valence-electron chi connectivity index (χ3n) is 2.65. The van der Waals surface area contributed by atoms with Gasteiger partial charge < -0.3 is 4.74 Å². The van der Waals surface area contributed by atoms with E-state index in [1.165, 1.54) is 44.3 Å². The molecule has 0 aromatic rings. The molecule has 1 nitrogen and oxygen atoms in total. The summed E-state index contributed by atoms with van der Waals surface area (Å²) in [5.74, 6) is 1.40. The molecule has 0 aromatic carbocycles. The van der Waals surface area contributed by atoms with Gasteiger partial charge in [-0.3, -0.25) is 0 Å². The summed E-state index contributed by atoms with van der Waals surface area (Å²) in [5.41, 5.74) is 0. The Morgan fingerprint density at radius 2 is 2.14 bits per heavy atom. The predicted octanol–water partition coefficient (Wildman–Crippen LogP) is 3.87. The van der Waals surface area contributed by atoms with Crippen LogP contribution in [0.3, 0.4) is 0 Å². The highest BCUT2D eigenvalue weighted by Gasteiger charge is 2.14. The van der Waals surface area contributed by atoms with E-state index in [1.807, 2.05) is 0 Å². The van der Waals surface area contributed by atoms with Crippen LogP contribution in [0.1, 0.15) is 52.4 Å². The second-order valence-corrected chi connectivity index (χ2v) is 5.81. The maximum absolute atomic E-state index is 5.51. The van der Waals surface area contributed by atoms with Crippen LogP contribution < -0.4 is 0 Å². The topological polar surface area (TPSA) is 9.23 Å². The molecule has 1 aliphatic rings. The van der Waals surface area contributed by atoms with E-state index in [4.69, 9.17) is 4.74 Å². The van der Waals surface area contributed by atoms with Crippen molar-refractivity contribution >= 4 is 11.8 Å². The lowest BCUT2D eigenvalue weighted by Crippen LogP contribution is -2.04. The Hall–Kier alpha value is 0.310. The SMILES string of the molecule is CC(C)OCCCCCC1CCCS1. The molecule has 0 bridgehead atoms. The van der Waals surface area contributed by atoms with E-state index in [0.717, 1.165) is 11.9 Å². The Bertz CT molecular complexity index is 130. The van der Waals surface area contributed by atoms with E-state index in [-0.39, 0.29) is 0 Å². The lowest BCUT2D eigenvalue weighted by molar-refractivity contribution is 0.0757. The van der Waals surface area contributed by atoms with Crippen molar-refractivity contribution in [2.45, 2.75) is 63.7 Å². The van der Waals surface area contributed by atoms with Crippen LogP contribution in [0.5, 0.6) is 0 Å². The van der Waals surface area contributed by atoms with Crippen LogP contribution in [0.2, 0.25) is 0 Å². The molecule has 0 aromatic heterocycles. The largest absolute Gasteiger partial charge is 0.379 e. The first kappa shape index (κ1) is 12.4. The first-order valence-corrected chi connectivity index (χ1v) is 7.07. The van der Waals surface area contributed by atoms with E-state index in [1.54, 1.807) is 0 Å². The van der Waals surface area contributed by atoms with Crippen LogP contribution in [-0.4, -0.2) is 23.7 Å². The Morgan fingerprint density at radius 3 is 2.79 bits per heavy atom. The minimum atomic E-state index is 0.403. The summed E-state index contributed by atoms with van der Waals surface area (Å²) in [6.45, 7) is 5.17. The van der Waals surface area contributed by atoms with E-state index in [2.05, 4.69) is 25.6 Å². The Balaban J connectivity index is 1.79. The second-order valence-electron chi connectivity index (χ2n) is 4.40. The number of unbranched alkanes of at least 4 members (excludes halogenated alkanes) is 2. The van der Waals surface area contributed by atoms with Crippen molar-refractivity contribution in [1.29, 1.82) is 0 Å². The lowest BCUT2D eigenvalue weighted by atomic mass is 10.1. The standard InChI is InChI=1S/C12H24OS/c1-11(2)13-9-5-3-4-7-12-8-6-10-14-12/h11-12H,3-10H2,1-2H3. The molecule has 1 saturated heterocycles. The Labute approximate surface area is 93.0 Å². The fourth-order valence-corrected chi connectivity index (χ4v) is 3.18. The maximum Gasteiger partial charge on any atom is 0.0518 e. The molecule has 0 saturated carbocycles. The van der Waals surface area contributed by atoms with E-state index < -0.39 is 0 Å². The smallest absolute Gasteiger partial charge is 0.0518 e. The molecule has 1 atom stereocenters. The first-order chi connectivity index (χ1) is 6.79. The van der Waals surface area contributed by atoms with Crippen LogP contribution in [0.25, 0.3) is 0 Å². The summed E-state index contributed by atoms with van der Waals surface area (Å²) in [6, 6.07) is 0. The number of ether oxygens (including phenoxy) is 1. The third kappa shape index (κ3) is 5.92. The fraction of sp³-hybridized carbons (Fsp3) is 1.00. The van der Waals surface area contributed by atoms with Crippen molar-refractivity contribution in [3.05, 3.63) is 0 Å². The van der Waals surface area contributed by atoms with Crippen LogP contribution in [0, 0.1) is 0 Å². The van der Waals surface area contributed by atoms with Crippen molar-refractivity contribution in [2.75, 3.05) is 12.4 Å². The van der Waals surface area contributed by atoms with Crippen molar-refractivity contribution in [1.82, 2.24) is 0 Å². The number of hydrogen-bond donors (Lipinski definition) is 0. The maximum atomic E-state index is 5.51. The fourth-order valence-electron chi connectivity index (χ4n) is 1.84. The molecule has 1 fully saturated rings. The minimum absolute atomic E-state index is 0.403. The monoisotopic (exact) mass is 216 g/mol. The minimum Gasteiger partial charge on any atom is -0.379 e. The van der Waals surface area contributed by atoms with Gasteiger partial charge in [-0.05, 0) is 45.3 Å². The highest BCUT2D eigenvalue weighted by molar-refractivity contribution is 8.00. The van der Waals surface area contributed by atoms with Crippen LogP contribution in [-0.2, 0) is 4.74 Å². The summed E-state index contributed by atoms with van der Waals surface area (Å²) in [5, 5.41) is 0.987. The summed E-state index contributed by atoms with van der Waals surface area (Å²) in [4.78, 5) is 0. The van der Waals surface area contributed by atoms with Crippen LogP contribution in [0.15, 0.2) is 0 Å². The van der Waals surface area contributed by atoms with E-state index in [9.17, 15) is 0 Å². The normalized spacial score (nSPS) is 22.1. The average Bonchev–Trinajstić information content (AvgIpc) is 2.63. The highest BCUT2D eigenvalue weighted by Crippen LogP contribution is 2.29. The summed E-state index contributed by atoms with van der Waals surface area (Å²) >= 11 is 2.18. The molecular formula is C12H24OS. The number of hydrogen-bond acceptors (Lipinski definition) is 2. The van der Waals surface area contributed by atoms with Crippen LogP contribution >= 0.6 is 11.8 Å². The van der Waals surface area contributed by atoms with Crippen molar-refractivity contribution < 1.29 is 4.74 Å². The van der Waals surface area contributed by atoms with Crippen molar-refractivity contribution in [3.8, 4) is 0 Å². The highest BCUT2D eigenvalue weighted by atomic mass is 32.2. The molecule has 2 heteroatoms. The third-order valence-corrected chi connectivity index (χ3v) is 4.11. The molecular weight excluding hydrogens is 192 g/mol. The number of rotatable bonds is 7. The zero-order valence-electron chi connectivity index (χ0n) is 9.63. The van der Waals surface area contributed by atoms with Gasteiger partial charge in [0, 0.05) is 11.9 Å². The Kier molecular flexibility index (Phi) is 6.70.